The molecular formula is C20H31N3O3. The van der Waals surface area contributed by atoms with Gasteiger partial charge in [0.25, 0.3) is 0 Å². The van der Waals surface area contributed by atoms with Gasteiger partial charge in [-0.1, -0.05) is 51.1 Å². The SMILES string of the molecule is CCN(CC)C(CNC(=O)N1CC(C)CC(C(=O)O)C1)c1ccccc1. The maximum absolute atomic E-state index is 12.7. The van der Waals surface area contributed by atoms with Crippen LogP contribution in [0.25, 0.3) is 0 Å². The second-order valence-electron chi connectivity index (χ2n) is 7.11. The first-order valence-electron chi connectivity index (χ1n) is 9.50. The summed E-state index contributed by atoms with van der Waals surface area (Å²) in [6.07, 6.45) is 0.630. The van der Waals surface area contributed by atoms with Crippen molar-refractivity contribution in [1.82, 2.24) is 15.1 Å². The maximum Gasteiger partial charge on any atom is 0.317 e. The predicted octanol–water partition coefficient (Wildman–Crippen LogP) is 2.82. The number of benzene rings is 1. The molecule has 0 spiro atoms. The van der Waals surface area contributed by atoms with E-state index in [1.807, 2.05) is 25.1 Å². The molecule has 1 heterocycles. The Balaban J connectivity index is 2.03. The van der Waals surface area contributed by atoms with Crippen LogP contribution >= 0.6 is 0 Å². The smallest absolute Gasteiger partial charge is 0.317 e. The molecule has 1 saturated heterocycles. The Morgan fingerprint density at radius 3 is 2.46 bits per heavy atom. The van der Waals surface area contributed by atoms with Crippen molar-refractivity contribution in [3.05, 3.63) is 35.9 Å². The van der Waals surface area contributed by atoms with Gasteiger partial charge in [-0.2, -0.15) is 0 Å². The number of carboxylic acid groups (broad SMARTS) is 1. The molecule has 1 fully saturated rings. The Bertz CT molecular complexity index is 589. The normalized spacial score (nSPS) is 21.5. The lowest BCUT2D eigenvalue weighted by Gasteiger charge is -2.36. The number of aliphatic carboxylic acids is 1. The van der Waals surface area contributed by atoms with E-state index in [0.29, 0.717) is 19.5 Å². The van der Waals surface area contributed by atoms with Crippen LogP contribution in [0.1, 0.15) is 38.8 Å². The van der Waals surface area contributed by atoms with Crippen LogP contribution in [0.3, 0.4) is 0 Å². The molecule has 3 atom stereocenters. The highest BCUT2D eigenvalue weighted by molar-refractivity contribution is 5.76. The number of likely N-dealkylation sites (N-methyl/N-ethyl adjacent to an activating group) is 1. The van der Waals surface area contributed by atoms with Crippen LogP contribution in [0.4, 0.5) is 4.79 Å². The first-order chi connectivity index (χ1) is 12.5. The van der Waals surface area contributed by atoms with Gasteiger partial charge in [0.2, 0.25) is 0 Å². The molecule has 2 amide bonds. The molecule has 1 aromatic carbocycles. The molecule has 2 rings (SSSR count). The van der Waals surface area contributed by atoms with Gasteiger partial charge < -0.3 is 15.3 Å². The number of carbonyl (C=O) groups excluding carboxylic acids is 1. The number of rotatable bonds is 7. The third-order valence-electron chi connectivity index (χ3n) is 5.18. The Kier molecular flexibility index (Phi) is 7.45. The molecule has 0 bridgehead atoms. The van der Waals surface area contributed by atoms with E-state index in [2.05, 4.69) is 36.2 Å². The summed E-state index contributed by atoms with van der Waals surface area (Å²) >= 11 is 0. The van der Waals surface area contributed by atoms with Crippen molar-refractivity contribution >= 4 is 12.0 Å². The van der Waals surface area contributed by atoms with Crippen LogP contribution in [0, 0.1) is 11.8 Å². The zero-order chi connectivity index (χ0) is 19.1. The number of nitrogens with zero attached hydrogens (tertiary/aromatic N) is 2. The lowest BCUT2D eigenvalue weighted by Crippen LogP contribution is -2.50. The average molecular weight is 361 g/mol. The molecule has 26 heavy (non-hydrogen) atoms. The van der Waals surface area contributed by atoms with Crippen LogP contribution in [-0.4, -0.2) is 59.6 Å². The number of nitrogens with one attached hydrogen (secondary N) is 1. The second kappa shape index (κ2) is 9.57. The average Bonchev–Trinajstić information content (AvgIpc) is 2.65. The second-order valence-corrected chi connectivity index (χ2v) is 7.11. The minimum absolute atomic E-state index is 0.104. The van der Waals surface area contributed by atoms with Gasteiger partial charge in [-0.25, -0.2) is 4.79 Å². The minimum Gasteiger partial charge on any atom is -0.481 e. The van der Waals surface area contributed by atoms with Gasteiger partial charge in [-0.05, 0) is 31.0 Å². The van der Waals surface area contributed by atoms with Crippen molar-refractivity contribution in [2.45, 2.75) is 33.2 Å². The number of piperidine rings is 1. The minimum atomic E-state index is -0.820. The lowest BCUT2D eigenvalue weighted by molar-refractivity contribution is -0.143. The van der Waals surface area contributed by atoms with Crippen LogP contribution in [0.2, 0.25) is 0 Å². The first-order valence-corrected chi connectivity index (χ1v) is 9.50. The molecule has 0 radical (unpaired) electrons. The third-order valence-corrected chi connectivity index (χ3v) is 5.18. The van der Waals surface area contributed by atoms with Gasteiger partial charge in [0.1, 0.15) is 0 Å². The van der Waals surface area contributed by atoms with Crippen molar-refractivity contribution in [3.63, 3.8) is 0 Å². The summed E-state index contributed by atoms with van der Waals surface area (Å²) in [5, 5.41) is 12.3. The van der Waals surface area contributed by atoms with E-state index in [9.17, 15) is 14.7 Å². The predicted molar refractivity (Wildman–Crippen MR) is 102 cm³/mol. The van der Waals surface area contributed by atoms with Gasteiger partial charge >= 0.3 is 12.0 Å². The summed E-state index contributed by atoms with van der Waals surface area (Å²) < 4.78 is 0. The summed E-state index contributed by atoms with van der Waals surface area (Å²) in [6.45, 7) is 9.42. The van der Waals surface area contributed by atoms with E-state index in [1.54, 1.807) is 4.90 Å². The molecule has 144 valence electrons. The summed E-state index contributed by atoms with van der Waals surface area (Å²) in [7, 11) is 0. The van der Waals surface area contributed by atoms with E-state index in [1.165, 1.54) is 5.56 Å². The fourth-order valence-corrected chi connectivity index (χ4v) is 3.79. The van der Waals surface area contributed by atoms with E-state index in [-0.39, 0.29) is 24.5 Å². The Hall–Kier alpha value is -2.08. The fourth-order valence-electron chi connectivity index (χ4n) is 3.79. The summed E-state index contributed by atoms with van der Waals surface area (Å²) in [6, 6.07) is 10.1. The first kappa shape index (κ1) is 20.2. The zero-order valence-corrected chi connectivity index (χ0v) is 16.0. The lowest BCUT2D eigenvalue weighted by atomic mass is 9.91. The van der Waals surface area contributed by atoms with Crippen LogP contribution in [0.15, 0.2) is 30.3 Å². The van der Waals surface area contributed by atoms with Gasteiger partial charge in [0.05, 0.1) is 12.0 Å². The molecule has 1 aliphatic heterocycles. The van der Waals surface area contributed by atoms with Crippen molar-refractivity contribution in [2.75, 3.05) is 32.7 Å². The Labute approximate surface area is 156 Å². The van der Waals surface area contributed by atoms with Crippen molar-refractivity contribution in [1.29, 1.82) is 0 Å². The molecule has 2 N–H and O–H groups in total. The summed E-state index contributed by atoms with van der Waals surface area (Å²) in [4.78, 5) is 27.9. The number of carbonyl (C=O) groups is 2. The highest BCUT2D eigenvalue weighted by atomic mass is 16.4. The Morgan fingerprint density at radius 1 is 1.23 bits per heavy atom. The molecule has 6 nitrogen and oxygen atoms in total. The number of carboxylic acids is 1. The van der Waals surface area contributed by atoms with Crippen molar-refractivity contribution < 1.29 is 14.7 Å². The number of hydrogen-bond acceptors (Lipinski definition) is 3. The van der Waals surface area contributed by atoms with Gasteiger partial charge in [0, 0.05) is 19.6 Å². The van der Waals surface area contributed by atoms with Gasteiger partial charge in [-0.3, -0.25) is 9.69 Å². The fraction of sp³-hybridized carbons (Fsp3) is 0.600. The van der Waals surface area contributed by atoms with E-state index >= 15 is 0 Å². The van der Waals surface area contributed by atoms with Crippen LogP contribution < -0.4 is 5.32 Å². The monoisotopic (exact) mass is 361 g/mol. The van der Waals surface area contributed by atoms with E-state index < -0.39 is 11.9 Å². The third kappa shape index (κ3) is 5.21. The standard InChI is InChI=1S/C20H31N3O3/c1-4-22(5-2)18(16-9-7-6-8-10-16)12-21-20(26)23-13-15(3)11-17(14-23)19(24)25/h6-10,15,17-18H,4-5,11-14H2,1-3H3,(H,21,26)(H,24,25). The summed E-state index contributed by atoms with van der Waals surface area (Å²) in [5.41, 5.74) is 1.17. The zero-order valence-electron chi connectivity index (χ0n) is 16.0. The van der Waals surface area contributed by atoms with Crippen LogP contribution in [-0.2, 0) is 4.79 Å². The molecule has 1 aromatic rings. The molecule has 3 unspecified atom stereocenters. The quantitative estimate of drug-likeness (QED) is 0.783. The molecular weight excluding hydrogens is 330 g/mol. The topological polar surface area (TPSA) is 72.9 Å². The van der Waals surface area contributed by atoms with E-state index in [0.717, 1.165) is 13.1 Å². The van der Waals surface area contributed by atoms with Gasteiger partial charge in [0.15, 0.2) is 0 Å². The molecule has 6 heteroatoms. The number of amides is 2. The number of urea groups is 1. The highest BCUT2D eigenvalue weighted by Gasteiger charge is 2.32. The highest BCUT2D eigenvalue weighted by Crippen LogP contribution is 2.23. The van der Waals surface area contributed by atoms with Crippen molar-refractivity contribution in [3.8, 4) is 0 Å². The molecule has 0 aromatic heterocycles. The Morgan fingerprint density at radius 2 is 1.88 bits per heavy atom. The number of hydrogen-bond donors (Lipinski definition) is 2. The maximum atomic E-state index is 12.7. The van der Waals surface area contributed by atoms with Gasteiger partial charge in [-0.15, -0.1) is 0 Å². The van der Waals surface area contributed by atoms with Crippen LogP contribution in [0.5, 0.6) is 0 Å². The largest absolute Gasteiger partial charge is 0.481 e. The molecule has 0 aliphatic carbocycles. The molecule has 1 aliphatic rings. The summed E-state index contributed by atoms with van der Waals surface area (Å²) in [5.74, 6) is -1.10. The van der Waals surface area contributed by atoms with Crippen molar-refractivity contribution in [2.24, 2.45) is 11.8 Å². The van der Waals surface area contributed by atoms with E-state index in [4.69, 9.17) is 0 Å². The molecule has 0 saturated carbocycles. The number of likely N-dealkylation sites (tertiary alicyclic amines) is 1.